The fourth-order valence-electron chi connectivity index (χ4n) is 3.75. The van der Waals surface area contributed by atoms with Crippen LogP contribution in [0.2, 0.25) is 0 Å². The molecule has 0 aromatic rings. The van der Waals surface area contributed by atoms with Gasteiger partial charge in [0.05, 0.1) is 11.8 Å². The molecule has 2 atom stereocenters. The molecule has 0 aromatic heterocycles. The summed E-state index contributed by atoms with van der Waals surface area (Å²) >= 11 is 6.02. The Labute approximate surface area is 131 Å². The molecule has 3 aliphatic rings. The maximum absolute atomic E-state index is 12.4. The van der Waals surface area contributed by atoms with Crippen molar-refractivity contribution in [1.82, 2.24) is 9.80 Å². The van der Waals surface area contributed by atoms with E-state index in [1.165, 1.54) is 24.2 Å². The van der Waals surface area contributed by atoms with E-state index in [4.69, 9.17) is 11.6 Å². The van der Waals surface area contributed by atoms with E-state index >= 15 is 0 Å². The Morgan fingerprint density at radius 1 is 1.05 bits per heavy atom. The summed E-state index contributed by atoms with van der Waals surface area (Å²) in [6, 6.07) is 0. The molecule has 3 rings (SSSR count). The molecule has 1 aliphatic carbocycles. The lowest BCUT2D eigenvalue weighted by Gasteiger charge is -2.27. The quantitative estimate of drug-likeness (QED) is 0.749. The number of hydrogen-bond donors (Lipinski definition) is 0. The molecule has 116 valence electrons. The minimum absolute atomic E-state index is 0.00473. The van der Waals surface area contributed by atoms with Gasteiger partial charge in [-0.1, -0.05) is 24.1 Å². The van der Waals surface area contributed by atoms with Crippen molar-refractivity contribution in [2.75, 3.05) is 26.2 Å². The lowest BCUT2D eigenvalue weighted by molar-refractivity contribution is -0.140. The second-order valence-corrected chi connectivity index (χ2v) is 6.87. The summed E-state index contributed by atoms with van der Waals surface area (Å²) in [7, 11) is 0. The van der Waals surface area contributed by atoms with Gasteiger partial charge in [-0.15, -0.1) is 0 Å². The SMILES string of the molecule is O=C1[C@H]2CC=C(Cl)C[C@@H]2C(=O)N1CCCN1CCCCC1. The van der Waals surface area contributed by atoms with Crippen molar-refractivity contribution in [2.24, 2.45) is 11.8 Å². The topological polar surface area (TPSA) is 40.6 Å². The number of rotatable bonds is 4. The van der Waals surface area contributed by atoms with Crippen LogP contribution in [0.4, 0.5) is 0 Å². The number of imide groups is 1. The monoisotopic (exact) mass is 310 g/mol. The number of hydrogen-bond acceptors (Lipinski definition) is 3. The Morgan fingerprint density at radius 3 is 2.52 bits per heavy atom. The van der Waals surface area contributed by atoms with Crippen LogP contribution in [0.3, 0.4) is 0 Å². The molecule has 0 N–H and O–H groups in total. The maximum atomic E-state index is 12.4. The third kappa shape index (κ3) is 3.16. The fourth-order valence-corrected chi connectivity index (χ4v) is 4.01. The molecule has 2 amide bonds. The lowest BCUT2D eigenvalue weighted by atomic mass is 9.85. The normalized spacial score (nSPS) is 30.5. The second-order valence-electron chi connectivity index (χ2n) is 6.39. The summed E-state index contributed by atoms with van der Waals surface area (Å²) < 4.78 is 0. The van der Waals surface area contributed by atoms with Crippen molar-refractivity contribution in [3.63, 3.8) is 0 Å². The third-order valence-electron chi connectivity index (χ3n) is 4.97. The van der Waals surface area contributed by atoms with Crippen LogP contribution in [0.25, 0.3) is 0 Å². The molecule has 2 fully saturated rings. The van der Waals surface area contributed by atoms with Gasteiger partial charge in [0.15, 0.2) is 0 Å². The summed E-state index contributed by atoms with van der Waals surface area (Å²) in [5.41, 5.74) is 0. The van der Waals surface area contributed by atoms with Gasteiger partial charge in [-0.2, -0.15) is 0 Å². The molecule has 2 saturated heterocycles. The van der Waals surface area contributed by atoms with E-state index in [0.29, 0.717) is 19.4 Å². The summed E-state index contributed by atoms with van der Waals surface area (Å²) in [5, 5.41) is 0.729. The number of carbonyl (C=O) groups is 2. The predicted octanol–water partition coefficient (Wildman–Crippen LogP) is 2.38. The van der Waals surface area contributed by atoms with Gasteiger partial charge in [0.1, 0.15) is 0 Å². The van der Waals surface area contributed by atoms with E-state index in [2.05, 4.69) is 4.90 Å². The zero-order valence-electron chi connectivity index (χ0n) is 12.4. The molecule has 0 unspecified atom stereocenters. The summed E-state index contributed by atoms with van der Waals surface area (Å²) in [6.07, 6.45) is 7.82. The maximum Gasteiger partial charge on any atom is 0.233 e. The molecule has 0 aromatic carbocycles. The highest BCUT2D eigenvalue weighted by molar-refractivity contribution is 6.30. The average molecular weight is 311 g/mol. The van der Waals surface area contributed by atoms with Crippen molar-refractivity contribution >= 4 is 23.4 Å². The van der Waals surface area contributed by atoms with Crippen molar-refractivity contribution in [1.29, 1.82) is 0 Å². The molecule has 0 saturated carbocycles. The van der Waals surface area contributed by atoms with Gasteiger partial charge in [-0.25, -0.2) is 0 Å². The molecular formula is C16H23ClN2O2. The largest absolute Gasteiger partial charge is 0.303 e. The zero-order valence-corrected chi connectivity index (χ0v) is 13.1. The minimum Gasteiger partial charge on any atom is -0.303 e. The first kappa shape index (κ1) is 15.0. The number of fused-ring (bicyclic) bond motifs is 1. The number of amides is 2. The molecular weight excluding hydrogens is 288 g/mol. The highest BCUT2D eigenvalue weighted by Crippen LogP contribution is 2.38. The van der Waals surface area contributed by atoms with Crippen molar-refractivity contribution in [3.05, 3.63) is 11.1 Å². The Bertz CT molecular complexity index is 457. The Kier molecular flexibility index (Phi) is 4.65. The average Bonchev–Trinajstić information content (AvgIpc) is 2.73. The van der Waals surface area contributed by atoms with Crippen LogP contribution in [0.5, 0.6) is 0 Å². The van der Waals surface area contributed by atoms with E-state index in [0.717, 1.165) is 31.1 Å². The van der Waals surface area contributed by atoms with Gasteiger partial charge in [0, 0.05) is 11.6 Å². The van der Waals surface area contributed by atoms with E-state index in [1.807, 2.05) is 6.08 Å². The van der Waals surface area contributed by atoms with Crippen LogP contribution < -0.4 is 0 Å². The first-order chi connectivity index (χ1) is 10.2. The molecule has 2 heterocycles. The summed E-state index contributed by atoms with van der Waals surface area (Å²) in [5.74, 6) is -0.348. The smallest absolute Gasteiger partial charge is 0.233 e. The fraction of sp³-hybridized carbons (Fsp3) is 0.750. The summed E-state index contributed by atoms with van der Waals surface area (Å²) in [6.45, 7) is 3.88. The van der Waals surface area contributed by atoms with Crippen LogP contribution >= 0.6 is 11.6 Å². The van der Waals surface area contributed by atoms with Crippen molar-refractivity contribution in [3.8, 4) is 0 Å². The Morgan fingerprint density at radius 2 is 1.76 bits per heavy atom. The van der Waals surface area contributed by atoms with Gasteiger partial charge in [0.2, 0.25) is 11.8 Å². The molecule has 2 aliphatic heterocycles. The molecule has 4 nitrogen and oxygen atoms in total. The first-order valence-corrected chi connectivity index (χ1v) is 8.46. The van der Waals surface area contributed by atoms with E-state index in [-0.39, 0.29) is 23.7 Å². The molecule has 0 bridgehead atoms. The number of likely N-dealkylation sites (tertiary alicyclic amines) is 2. The van der Waals surface area contributed by atoms with Crippen LogP contribution in [-0.4, -0.2) is 47.8 Å². The third-order valence-corrected chi connectivity index (χ3v) is 5.27. The van der Waals surface area contributed by atoms with Crippen LogP contribution in [0.15, 0.2) is 11.1 Å². The van der Waals surface area contributed by atoms with Gasteiger partial charge in [0.25, 0.3) is 0 Å². The van der Waals surface area contributed by atoms with Gasteiger partial charge in [-0.3, -0.25) is 14.5 Å². The minimum atomic E-state index is -0.204. The van der Waals surface area contributed by atoms with Crippen LogP contribution in [-0.2, 0) is 9.59 Å². The Balaban J connectivity index is 1.52. The molecule has 21 heavy (non-hydrogen) atoms. The number of piperidine rings is 1. The van der Waals surface area contributed by atoms with Gasteiger partial charge in [-0.05, 0) is 51.7 Å². The number of allylic oxidation sites excluding steroid dienone is 2. The van der Waals surface area contributed by atoms with Crippen molar-refractivity contribution < 1.29 is 9.59 Å². The van der Waals surface area contributed by atoms with Gasteiger partial charge < -0.3 is 4.90 Å². The predicted molar refractivity (Wildman–Crippen MR) is 81.8 cm³/mol. The number of carbonyl (C=O) groups excluding carboxylic acids is 2. The van der Waals surface area contributed by atoms with Crippen LogP contribution in [0, 0.1) is 11.8 Å². The molecule has 5 heteroatoms. The number of nitrogens with zero attached hydrogens (tertiary/aromatic N) is 2. The van der Waals surface area contributed by atoms with E-state index in [1.54, 1.807) is 0 Å². The van der Waals surface area contributed by atoms with E-state index < -0.39 is 0 Å². The second kappa shape index (κ2) is 6.49. The highest BCUT2D eigenvalue weighted by atomic mass is 35.5. The first-order valence-electron chi connectivity index (χ1n) is 8.09. The van der Waals surface area contributed by atoms with Crippen molar-refractivity contribution in [2.45, 2.75) is 38.5 Å². The number of halogens is 1. The van der Waals surface area contributed by atoms with Gasteiger partial charge >= 0.3 is 0 Å². The Hall–Kier alpha value is -0.870. The highest BCUT2D eigenvalue weighted by Gasteiger charge is 2.47. The molecule has 0 spiro atoms. The molecule has 0 radical (unpaired) electrons. The summed E-state index contributed by atoms with van der Waals surface area (Å²) in [4.78, 5) is 28.7. The van der Waals surface area contributed by atoms with Crippen LogP contribution in [0.1, 0.15) is 38.5 Å². The zero-order chi connectivity index (χ0) is 14.8. The standard InChI is InChI=1S/C16H23ClN2O2/c17-12-5-6-13-14(11-12)16(21)19(15(13)20)10-4-9-18-7-2-1-3-8-18/h5,13-14H,1-4,6-11H2/t13-,14-/m0/s1. The van der Waals surface area contributed by atoms with E-state index in [9.17, 15) is 9.59 Å². The lowest BCUT2D eigenvalue weighted by Crippen LogP contribution is -2.36.